The lowest BCUT2D eigenvalue weighted by molar-refractivity contribution is 0.0938. The van der Waals surface area contributed by atoms with Gasteiger partial charge < -0.3 is 29.2 Å². The summed E-state index contributed by atoms with van der Waals surface area (Å²) in [6.07, 6.45) is 0. The van der Waals surface area contributed by atoms with Crippen LogP contribution in [0.3, 0.4) is 0 Å². The number of carbonyl (C=O) groups is 2. The zero-order valence-corrected chi connectivity index (χ0v) is 25.8. The second kappa shape index (κ2) is 14.4. The fourth-order valence-electron chi connectivity index (χ4n) is 4.77. The fraction of sp³-hybridized carbons (Fsp3) is 0.257. The maximum absolute atomic E-state index is 13.1. The van der Waals surface area contributed by atoms with Gasteiger partial charge in [0.15, 0.2) is 22.9 Å². The number of amides is 2. The predicted molar refractivity (Wildman–Crippen MR) is 169 cm³/mol. The minimum atomic E-state index is -0.461. The van der Waals surface area contributed by atoms with E-state index in [4.69, 9.17) is 18.5 Å². The standard InChI is InChI=1S/C35H36N4O6/c1-5-36-34(40)27-18-30(44-38-27)31-32(35(41)37-6-2)39-45-33(31)26-17-25(22(3)4)28(42-20-23-13-9-7-10-14-23)19-29(26)43-21-24-15-11-8-12-16-24/h7-19,22H,5-6,20-21H2,1-4H3,(H,36,40)(H,37,41). The molecular formula is C35H36N4O6. The van der Waals surface area contributed by atoms with Crippen LogP contribution in [-0.4, -0.2) is 35.2 Å². The van der Waals surface area contributed by atoms with E-state index in [1.165, 1.54) is 6.07 Å². The fourth-order valence-corrected chi connectivity index (χ4v) is 4.77. The number of aromatic nitrogens is 2. The lowest BCUT2D eigenvalue weighted by Crippen LogP contribution is -2.23. The maximum Gasteiger partial charge on any atom is 0.274 e. The van der Waals surface area contributed by atoms with Crippen molar-refractivity contribution in [2.45, 2.75) is 46.8 Å². The molecule has 0 aliphatic carbocycles. The molecule has 45 heavy (non-hydrogen) atoms. The zero-order chi connectivity index (χ0) is 31.8. The Kier molecular flexibility index (Phi) is 9.93. The number of rotatable bonds is 13. The average molecular weight is 609 g/mol. The SMILES string of the molecule is CCNC(=O)c1cc(-c2c(C(=O)NCC)noc2-c2cc(C(C)C)c(OCc3ccccc3)cc2OCc2ccccc2)on1. The molecule has 0 atom stereocenters. The monoisotopic (exact) mass is 608 g/mol. The molecule has 0 bridgehead atoms. The summed E-state index contributed by atoms with van der Waals surface area (Å²) in [6, 6.07) is 24.9. The molecule has 3 aromatic carbocycles. The van der Waals surface area contributed by atoms with Crippen LogP contribution in [0.1, 0.15) is 71.3 Å². The van der Waals surface area contributed by atoms with E-state index in [1.54, 1.807) is 13.8 Å². The lowest BCUT2D eigenvalue weighted by atomic mass is 9.95. The van der Waals surface area contributed by atoms with Crippen LogP contribution in [0, 0.1) is 0 Å². The van der Waals surface area contributed by atoms with Gasteiger partial charge in [-0.1, -0.05) is 84.8 Å². The molecule has 10 heteroatoms. The van der Waals surface area contributed by atoms with Gasteiger partial charge in [-0.05, 0) is 42.5 Å². The zero-order valence-electron chi connectivity index (χ0n) is 25.8. The molecule has 0 unspecified atom stereocenters. The number of benzene rings is 3. The van der Waals surface area contributed by atoms with Gasteiger partial charge in [0.2, 0.25) is 0 Å². The molecule has 2 aromatic heterocycles. The van der Waals surface area contributed by atoms with Crippen LogP contribution >= 0.6 is 0 Å². The van der Waals surface area contributed by atoms with Gasteiger partial charge in [-0.2, -0.15) is 0 Å². The summed E-state index contributed by atoms with van der Waals surface area (Å²) in [6.45, 7) is 9.17. The number of nitrogens with zero attached hydrogens (tertiary/aromatic N) is 2. The normalized spacial score (nSPS) is 11.0. The largest absolute Gasteiger partial charge is 0.488 e. The van der Waals surface area contributed by atoms with Gasteiger partial charge in [-0.3, -0.25) is 9.59 Å². The summed E-state index contributed by atoms with van der Waals surface area (Å²) in [5, 5.41) is 13.6. The molecule has 2 amide bonds. The molecule has 5 aromatic rings. The lowest BCUT2D eigenvalue weighted by Gasteiger charge is -2.19. The molecule has 0 spiro atoms. The smallest absolute Gasteiger partial charge is 0.274 e. The predicted octanol–water partition coefficient (Wildman–Crippen LogP) is 6.78. The molecular weight excluding hydrogens is 572 g/mol. The average Bonchev–Trinajstić information content (AvgIpc) is 3.72. The Morgan fingerprint density at radius 1 is 0.756 bits per heavy atom. The van der Waals surface area contributed by atoms with E-state index in [9.17, 15) is 9.59 Å². The van der Waals surface area contributed by atoms with E-state index in [1.807, 2.05) is 72.8 Å². The molecule has 0 aliphatic heterocycles. The van der Waals surface area contributed by atoms with Gasteiger partial charge in [-0.15, -0.1) is 0 Å². The third-order valence-electron chi connectivity index (χ3n) is 7.02. The summed E-state index contributed by atoms with van der Waals surface area (Å²) in [5.74, 6) is 0.684. The molecule has 0 saturated heterocycles. The van der Waals surface area contributed by atoms with Crippen LogP contribution in [-0.2, 0) is 13.2 Å². The van der Waals surface area contributed by atoms with Gasteiger partial charge in [0.1, 0.15) is 30.3 Å². The van der Waals surface area contributed by atoms with E-state index in [0.29, 0.717) is 36.8 Å². The van der Waals surface area contributed by atoms with Crippen LogP contribution < -0.4 is 20.1 Å². The Labute approximate surface area is 261 Å². The summed E-state index contributed by atoms with van der Waals surface area (Å²) in [7, 11) is 0. The second-order valence-corrected chi connectivity index (χ2v) is 10.6. The minimum absolute atomic E-state index is 0.00467. The van der Waals surface area contributed by atoms with Crippen LogP contribution in [0.15, 0.2) is 87.9 Å². The van der Waals surface area contributed by atoms with Gasteiger partial charge in [-0.25, -0.2) is 0 Å². The summed E-state index contributed by atoms with van der Waals surface area (Å²) < 4.78 is 24.3. The third-order valence-corrected chi connectivity index (χ3v) is 7.02. The van der Waals surface area contributed by atoms with Crippen LogP contribution in [0.25, 0.3) is 22.6 Å². The summed E-state index contributed by atoms with van der Waals surface area (Å²) in [5.41, 5.74) is 3.74. The van der Waals surface area contributed by atoms with Gasteiger partial charge in [0.25, 0.3) is 11.8 Å². The van der Waals surface area contributed by atoms with Crippen molar-refractivity contribution >= 4 is 11.8 Å². The Morgan fingerprint density at radius 2 is 1.36 bits per heavy atom. The van der Waals surface area contributed by atoms with Crippen molar-refractivity contribution in [2.75, 3.05) is 13.1 Å². The van der Waals surface area contributed by atoms with Crippen molar-refractivity contribution < 1.29 is 28.1 Å². The number of ether oxygens (including phenoxy) is 2. The van der Waals surface area contributed by atoms with E-state index in [0.717, 1.165) is 16.7 Å². The summed E-state index contributed by atoms with van der Waals surface area (Å²) >= 11 is 0. The highest BCUT2D eigenvalue weighted by atomic mass is 16.5. The van der Waals surface area contributed by atoms with E-state index >= 15 is 0 Å². The van der Waals surface area contributed by atoms with Crippen molar-refractivity contribution in [3.05, 3.63) is 107 Å². The first-order valence-corrected chi connectivity index (χ1v) is 14.9. The number of hydrogen-bond donors (Lipinski definition) is 2. The number of nitrogens with one attached hydrogen (secondary N) is 2. The van der Waals surface area contributed by atoms with Crippen molar-refractivity contribution in [3.63, 3.8) is 0 Å². The second-order valence-electron chi connectivity index (χ2n) is 10.6. The topological polar surface area (TPSA) is 129 Å². The molecule has 232 valence electrons. The van der Waals surface area contributed by atoms with Crippen LogP contribution in [0.2, 0.25) is 0 Å². The number of hydrogen-bond acceptors (Lipinski definition) is 8. The van der Waals surface area contributed by atoms with Gasteiger partial charge in [0, 0.05) is 25.2 Å². The molecule has 0 saturated carbocycles. The van der Waals surface area contributed by atoms with Crippen molar-refractivity contribution in [1.82, 2.24) is 20.9 Å². The molecule has 2 N–H and O–H groups in total. The molecule has 0 aliphatic rings. The quantitative estimate of drug-likeness (QED) is 0.150. The Balaban J connectivity index is 1.65. The Morgan fingerprint density at radius 3 is 1.96 bits per heavy atom. The van der Waals surface area contributed by atoms with E-state index in [2.05, 4.69) is 34.8 Å². The first-order chi connectivity index (χ1) is 21.9. The Hall–Kier alpha value is -5.38. The van der Waals surface area contributed by atoms with Crippen LogP contribution in [0.5, 0.6) is 11.5 Å². The first kappa shape index (κ1) is 31.1. The number of carbonyl (C=O) groups excluding carboxylic acids is 2. The molecule has 5 rings (SSSR count). The van der Waals surface area contributed by atoms with Crippen molar-refractivity contribution in [1.29, 1.82) is 0 Å². The molecule has 0 radical (unpaired) electrons. The highest BCUT2D eigenvalue weighted by molar-refractivity contribution is 6.02. The van der Waals surface area contributed by atoms with Gasteiger partial charge >= 0.3 is 0 Å². The van der Waals surface area contributed by atoms with E-state index in [-0.39, 0.29) is 41.0 Å². The third kappa shape index (κ3) is 7.23. The van der Waals surface area contributed by atoms with Gasteiger partial charge in [0.05, 0.1) is 5.56 Å². The van der Waals surface area contributed by atoms with Crippen molar-refractivity contribution in [3.8, 4) is 34.1 Å². The van der Waals surface area contributed by atoms with Crippen LogP contribution in [0.4, 0.5) is 0 Å². The molecule has 0 fully saturated rings. The highest BCUT2D eigenvalue weighted by Crippen LogP contribution is 2.44. The summed E-state index contributed by atoms with van der Waals surface area (Å²) in [4.78, 5) is 25.7. The molecule has 10 nitrogen and oxygen atoms in total. The minimum Gasteiger partial charge on any atom is -0.488 e. The van der Waals surface area contributed by atoms with Crippen molar-refractivity contribution in [2.24, 2.45) is 0 Å². The Bertz CT molecular complexity index is 1740. The van der Waals surface area contributed by atoms with E-state index < -0.39 is 11.8 Å². The highest BCUT2D eigenvalue weighted by Gasteiger charge is 2.31. The maximum atomic E-state index is 13.1. The first-order valence-electron chi connectivity index (χ1n) is 14.9. The molecule has 2 heterocycles.